The van der Waals surface area contributed by atoms with Crippen molar-refractivity contribution >= 4 is 5.95 Å². The summed E-state index contributed by atoms with van der Waals surface area (Å²) in [5, 5.41) is 9.27. The summed E-state index contributed by atoms with van der Waals surface area (Å²) in [5.41, 5.74) is 2.45. The molecule has 0 bridgehead atoms. The minimum atomic E-state index is -0.207. The zero-order valence-corrected chi connectivity index (χ0v) is 17.2. The van der Waals surface area contributed by atoms with Crippen LogP contribution >= 0.6 is 0 Å². The van der Waals surface area contributed by atoms with Gasteiger partial charge in [-0.1, -0.05) is 60.7 Å². The van der Waals surface area contributed by atoms with Gasteiger partial charge in [-0.05, 0) is 36.8 Å². The summed E-state index contributed by atoms with van der Waals surface area (Å²) in [4.78, 5) is 2.36. The van der Waals surface area contributed by atoms with Crippen LogP contribution < -0.4 is 4.90 Å². The second kappa shape index (κ2) is 6.99. The van der Waals surface area contributed by atoms with E-state index in [9.17, 15) is 0 Å². The van der Waals surface area contributed by atoms with Gasteiger partial charge in [-0.15, -0.1) is 10.2 Å². The Morgan fingerprint density at radius 2 is 1.38 bits per heavy atom. The second-order valence-corrected chi connectivity index (χ2v) is 8.38. The van der Waals surface area contributed by atoms with Crippen LogP contribution in [-0.4, -0.2) is 35.0 Å². The zero-order valence-electron chi connectivity index (χ0n) is 17.2. The van der Waals surface area contributed by atoms with Crippen molar-refractivity contribution in [3.8, 4) is 0 Å². The van der Waals surface area contributed by atoms with E-state index in [1.54, 1.807) is 0 Å². The zero-order chi connectivity index (χ0) is 19.9. The van der Waals surface area contributed by atoms with E-state index in [2.05, 4.69) is 87.4 Å². The second-order valence-electron chi connectivity index (χ2n) is 8.38. The highest BCUT2D eigenvalue weighted by atomic mass is 16.5. The van der Waals surface area contributed by atoms with Crippen molar-refractivity contribution in [3.63, 3.8) is 0 Å². The van der Waals surface area contributed by atoms with Gasteiger partial charge in [-0.25, -0.2) is 0 Å². The molecule has 2 aromatic carbocycles. The number of ether oxygens (including phenoxy) is 1. The fourth-order valence-electron chi connectivity index (χ4n) is 4.96. The summed E-state index contributed by atoms with van der Waals surface area (Å²) in [7, 11) is 3.95. The molecule has 3 aromatic rings. The van der Waals surface area contributed by atoms with E-state index >= 15 is 0 Å². The van der Waals surface area contributed by atoms with E-state index < -0.39 is 0 Å². The fourth-order valence-corrected chi connectivity index (χ4v) is 4.96. The molecule has 29 heavy (non-hydrogen) atoms. The standard InChI is InChI=1S/C24H28N4O/c1-27-21(23(13-14-23)19-9-5-3-6-10-19)25-26-22(27)28-17-15-24(29-2,16-18-28)20-11-7-4-8-12-20/h3-12H,13-18H2,1-2H3. The molecule has 1 saturated carbocycles. The van der Waals surface area contributed by atoms with Gasteiger partial charge in [0.05, 0.1) is 11.0 Å². The Kier molecular flexibility index (Phi) is 4.43. The molecule has 5 nitrogen and oxygen atoms in total. The number of methoxy groups -OCH3 is 1. The predicted octanol–water partition coefficient (Wildman–Crippen LogP) is 4.04. The van der Waals surface area contributed by atoms with Crippen molar-refractivity contribution in [2.24, 2.45) is 7.05 Å². The van der Waals surface area contributed by atoms with Crippen molar-refractivity contribution in [1.82, 2.24) is 14.8 Å². The molecule has 2 heterocycles. The molecule has 1 saturated heterocycles. The molecular weight excluding hydrogens is 360 g/mol. The minimum Gasteiger partial charge on any atom is -0.373 e. The maximum atomic E-state index is 6.04. The lowest BCUT2D eigenvalue weighted by atomic mass is 9.84. The van der Waals surface area contributed by atoms with Crippen LogP contribution in [0.25, 0.3) is 0 Å². The van der Waals surface area contributed by atoms with Crippen LogP contribution in [0.1, 0.15) is 42.6 Å². The van der Waals surface area contributed by atoms with E-state index in [0.717, 1.165) is 50.5 Å². The lowest BCUT2D eigenvalue weighted by Gasteiger charge is -2.41. The molecule has 2 aliphatic rings. The van der Waals surface area contributed by atoms with Crippen LogP contribution in [0.4, 0.5) is 5.95 Å². The van der Waals surface area contributed by atoms with E-state index in [-0.39, 0.29) is 11.0 Å². The Hall–Kier alpha value is -2.66. The van der Waals surface area contributed by atoms with Crippen molar-refractivity contribution in [2.45, 2.75) is 36.7 Å². The summed E-state index contributed by atoms with van der Waals surface area (Å²) < 4.78 is 8.25. The number of rotatable bonds is 5. The molecule has 150 valence electrons. The Morgan fingerprint density at radius 3 is 1.93 bits per heavy atom. The Balaban J connectivity index is 1.38. The third-order valence-corrected chi connectivity index (χ3v) is 6.90. The molecule has 1 aliphatic carbocycles. The van der Waals surface area contributed by atoms with Crippen LogP contribution in [0.2, 0.25) is 0 Å². The van der Waals surface area contributed by atoms with E-state index in [0.29, 0.717) is 0 Å². The average molecular weight is 389 g/mol. The Bertz CT molecular complexity index is 971. The quantitative estimate of drug-likeness (QED) is 0.662. The number of hydrogen-bond donors (Lipinski definition) is 0. The minimum absolute atomic E-state index is 0.0391. The molecule has 0 spiro atoms. The lowest BCUT2D eigenvalue weighted by Crippen LogP contribution is -2.44. The summed E-state index contributed by atoms with van der Waals surface area (Å²) in [6.07, 6.45) is 4.17. The lowest BCUT2D eigenvalue weighted by molar-refractivity contribution is -0.0348. The smallest absolute Gasteiger partial charge is 0.226 e. The first kappa shape index (κ1) is 18.4. The van der Waals surface area contributed by atoms with Crippen LogP contribution in [0.3, 0.4) is 0 Å². The van der Waals surface area contributed by atoms with Crippen molar-refractivity contribution in [3.05, 3.63) is 77.6 Å². The van der Waals surface area contributed by atoms with Gasteiger partial charge < -0.3 is 9.64 Å². The van der Waals surface area contributed by atoms with E-state index in [4.69, 9.17) is 4.74 Å². The average Bonchev–Trinajstić information content (AvgIpc) is 3.51. The highest BCUT2D eigenvalue weighted by molar-refractivity contribution is 5.43. The van der Waals surface area contributed by atoms with Crippen LogP contribution in [-0.2, 0) is 22.8 Å². The number of hydrogen-bond acceptors (Lipinski definition) is 4. The van der Waals surface area contributed by atoms with Gasteiger partial charge in [-0.2, -0.15) is 0 Å². The number of benzene rings is 2. The molecule has 0 unspecified atom stereocenters. The van der Waals surface area contributed by atoms with Gasteiger partial charge in [0.25, 0.3) is 0 Å². The maximum Gasteiger partial charge on any atom is 0.226 e. The number of piperidine rings is 1. The molecule has 0 radical (unpaired) electrons. The number of aromatic nitrogens is 3. The Morgan fingerprint density at radius 1 is 0.793 bits per heavy atom. The summed E-state index contributed by atoms with van der Waals surface area (Å²) in [6.45, 7) is 1.82. The highest BCUT2D eigenvalue weighted by Crippen LogP contribution is 2.53. The molecule has 0 atom stereocenters. The normalized spacial score (nSPS) is 19.9. The van der Waals surface area contributed by atoms with Crippen LogP contribution in [0, 0.1) is 0 Å². The first-order chi connectivity index (χ1) is 14.2. The summed E-state index contributed by atoms with van der Waals surface area (Å²) in [5.74, 6) is 2.06. The van der Waals surface area contributed by atoms with Gasteiger partial charge in [0.2, 0.25) is 5.95 Å². The first-order valence-corrected chi connectivity index (χ1v) is 10.5. The van der Waals surface area contributed by atoms with Gasteiger partial charge in [0.1, 0.15) is 5.82 Å². The molecule has 2 fully saturated rings. The molecule has 1 aromatic heterocycles. The summed E-state index contributed by atoms with van der Waals surface area (Å²) in [6, 6.07) is 21.3. The van der Waals surface area contributed by atoms with Crippen molar-refractivity contribution in [1.29, 1.82) is 0 Å². The van der Waals surface area contributed by atoms with Crippen LogP contribution in [0.5, 0.6) is 0 Å². The Labute approximate surface area is 172 Å². The van der Waals surface area contributed by atoms with Gasteiger partial charge >= 0.3 is 0 Å². The van der Waals surface area contributed by atoms with E-state index in [1.165, 1.54) is 11.1 Å². The van der Waals surface area contributed by atoms with Crippen LogP contribution in [0.15, 0.2) is 60.7 Å². The monoisotopic (exact) mass is 388 g/mol. The number of nitrogens with zero attached hydrogens (tertiary/aromatic N) is 4. The third-order valence-electron chi connectivity index (χ3n) is 6.90. The highest BCUT2D eigenvalue weighted by Gasteiger charge is 2.50. The predicted molar refractivity (Wildman–Crippen MR) is 114 cm³/mol. The number of anilines is 1. The van der Waals surface area contributed by atoms with Crippen molar-refractivity contribution in [2.75, 3.05) is 25.1 Å². The molecule has 5 heteroatoms. The molecule has 0 N–H and O–H groups in total. The first-order valence-electron chi connectivity index (χ1n) is 10.5. The van der Waals surface area contributed by atoms with Crippen molar-refractivity contribution < 1.29 is 4.74 Å². The molecule has 5 rings (SSSR count). The van der Waals surface area contributed by atoms with E-state index in [1.807, 2.05) is 7.11 Å². The maximum absolute atomic E-state index is 6.04. The van der Waals surface area contributed by atoms with Gasteiger partial charge in [-0.3, -0.25) is 4.57 Å². The molecular formula is C24H28N4O. The third kappa shape index (κ3) is 2.96. The fraction of sp³-hybridized carbons (Fsp3) is 0.417. The topological polar surface area (TPSA) is 43.2 Å². The van der Waals surface area contributed by atoms with Gasteiger partial charge in [0.15, 0.2) is 0 Å². The molecule has 1 aliphatic heterocycles. The SMILES string of the molecule is COC1(c2ccccc2)CCN(c2nnc(C3(c4ccccc4)CC3)n2C)CC1. The molecule has 0 amide bonds. The van der Waals surface area contributed by atoms with Gasteiger partial charge in [0, 0.05) is 27.2 Å². The largest absolute Gasteiger partial charge is 0.373 e. The summed E-state index contributed by atoms with van der Waals surface area (Å²) >= 11 is 0.